The van der Waals surface area contributed by atoms with E-state index in [1.54, 1.807) is 0 Å². The minimum absolute atomic E-state index is 0.174. The minimum Gasteiger partial charge on any atom is -0.379 e. The third-order valence-corrected chi connectivity index (χ3v) is 4.83. The lowest BCUT2D eigenvalue weighted by atomic mass is 9.98. The van der Waals surface area contributed by atoms with E-state index in [4.69, 9.17) is 9.26 Å². The molecule has 2 fully saturated rings. The number of carbonyl (C=O) groups is 1. The van der Waals surface area contributed by atoms with Crippen molar-refractivity contribution in [3.63, 3.8) is 0 Å². The molecule has 0 aromatic carbocycles. The van der Waals surface area contributed by atoms with Gasteiger partial charge in [-0.1, -0.05) is 5.16 Å². The fourth-order valence-corrected chi connectivity index (χ4v) is 3.54. The van der Waals surface area contributed by atoms with Crippen LogP contribution in [0.4, 0.5) is 0 Å². The van der Waals surface area contributed by atoms with Crippen molar-refractivity contribution in [1.29, 1.82) is 0 Å². The number of amides is 1. The molecule has 0 spiro atoms. The summed E-state index contributed by atoms with van der Waals surface area (Å²) >= 11 is 0. The largest absolute Gasteiger partial charge is 0.379 e. The van der Waals surface area contributed by atoms with Gasteiger partial charge in [0.15, 0.2) is 0 Å². The lowest BCUT2D eigenvalue weighted by molar-refractivity contribution is -0.134. The first-order chi connectivity index (χ1) is 11.2. The highest BCUT2D eigenvalue weighted by Crippen LogP contribution is 2.21. The van der Waals surface area contributed by atoms with Gasteiger partial charge in [0.25, 0.3) is 0 Å². The molecule has 1 unspecified atom stereocenters. The fourth-order valence-electron chi connectivity index (χ4n) is 3.54. The molecule has 1 amide bonds. The van der Waals surface area contributed by atoms with Crippen LogP contribution in [-0.4, -0.2) is 66.3 Å². The first-order valence-corrected chi connectivity index (χ1v) is 8.74. The van der Waals surface area contributed by atoms with Gasteiger partial charge in [-0.25, -0.2) is 0 Å². The molecule has 2 aliphatic rings. The zero-order chi connectivity index (χ0) is 16.1. The third kappa shape index (κ3) is 4.54. The Morgan fingerprint density at radius 2 is 2.13 bits per heavy atom. The van der Waals surface area contributed by atoms with Gasteiger partial charge in [-0.05, 0) is 32.6 Å². The molecule has 3 rings (SSSR count). The Kier molecular flexibility index (Phi) is 5.67. The standard InChI is InChI=1S/C17H27N3O3/c1-14-12-16(23-18-14)13-17(21)20-6-3-2-4-15(20)5-7-19-8-10-22-11-9-19/h12,15H,2-11,13H2,1H3. The van der Waals surface area contributed by atoms with Crippen molar-refractivity contribution in [3.05, 3.63) is 17.5 Å². The summed E-state index contributed by atoms with van der Waals surface area (Å²) < 4.78 is 10.6. The molecule has 0 radical (unpaired) electrons. The number of nitrogens with zero attached hydrogens (tertiary/aromatic N) is 3. The summed E-state index contributed by atoms with van der Waals surface area (Å²) in [6, 6.07) is 2.22. The molecule has 2 saturated heterocycles. The predicted octanol–water partition coefficient (Wildman–Crippen LogP) is 1.63. The highest BCUT2D eigenvalue weighted by Gasteiger charge is 2.27. The number of hydrogen-bond donors (Lipinski definition) is 0. The zero-order valence-electron chi connectivity index (χ0n) is 14.0. The molecular weight excluding hydrogens is 294 g/mol. The minimum atomic E-state index is 0.174. The average Bonchev–Trinajstić information content (AvgIpc) is 2.99. The number of likely N-dealkylation sites (tertiary alicyclic amines) is 1. The van der Waals surface area contributed by atoms with E-state index in [9.17, 15) is 4.79 Å². The lowest BCUT2D eigenvalue weighted by Crippen LogP contribution is -2.46. The summed E-state index contributed by atoms with van der Waals surface area (Å²) in [6.07, 6.45) is 4.83. The van der Waals surface area contributed by atoms with E-state index in [0.717, 1.165) is 64.3 Å². The Bertz CT molecular complexity index is 511. The van der Waals surface area contributed by atoms with Gasteiger partial charge in [-0.2, -0.15) is 0 Å². The number of aromatic nitrogens is 1. The van der Waals surface area contributed by atoms with Crippen LogP contribution >= 0.6 is 0 Å². The Balaban J connectivity index is 1.53. The molecule has 0 bridgehead atoms. The molecule has 23 heavy (non-hydrogen) atoms. The third-order valence-electron chi connectivity index (χ3n) is 4.83. The van der Waals surface area contributed by atoms with Crippen molar-refractivity contribution in [2.45, 2.75) is 45.1 Å². The normalized spacial score (nSPS) is 23.2. The predicted molar refractivity (Wildman–Crippen MR) is 86.2 cm³/mol. The van der Waals surface area contributed by atoms with Gasteiger partial charge in [0, 0.05) is 38.3 Å². The number of hydrogen-bond acceptors (Lipinski definition) is 5. The maximum atomic E-state index is 12.6. The van der Waals surface area contributed by atoms with E-state index in [1.807, 2.05) is 13.0 Å². The summed E-state index contributed by atoms with van der Waals surface area (Å²) in [4.78, 5) is 17.2. The first kappa shape index (κ1) is 16.5. The van der Waals surface area contributed by atoms with E-state index < -0.39 is 0 Å². The number of carbonyl (C=O) groups excluding carboxylic acids is 1. The summed E-state index contributed by atoms with van der Waals surface area (Å²) in [6.45, 7) is 7.49. The smallest absolute Gasteiger partial charge is 0.230 e. The van der Waals surface area contributed by atoms with Gasteiger partial charge < -0.3 is 14.2 Å². The van der Waals surface area contributed by atoms with Crippen LogP contribution in [0.15, 0.2) is 10.6 Å². The van der Waals surface area contributed by atoms with Crippen LogP contribution in [0.2, 0.25) is 0 Å². The van der Waals surface area contributed by atoms with Crippen LogP contribution in [0.25, 0.3) is 0 Å². The van der Waals surface area contributed by atoms with Crippen molar-refractivity contribution >= 4 is 5.91 Å². The maximum Gasteiger partial charge on any atom is 0.230 e. The van der Waals surface area contributed by atoms with Crippen LogP contribution in [0.3, 0.4) is 0 Å². The molecule has 1 aromatic rings. The van der Waals surface area contributed by atoms with Crippen molar-refractivity contribution in [3.8, 4) is 0 Å². The van der Waals surface area contributed by atoms with Crippen LogP contribution in [0, 0.1) is 6.92 Å². The van der Waals surface area contributed by atoms with Gasteiger partial charge in [-0.3, -0.25) is 9.69 Å². The summed E-state index contributed by atoms with van der Waals surface area (Å²) in [5.74, 6) is 0.845. The Morgan fingerprint density at radius 3 is 2.87 bits per heavy atom. The Labute approximate surface area is 137 Å². The molecule has 2 aliphatic heterocycles. The summed E-state index contributed by atoms with van der Waals surface area (Å²) in [7, 11) is 0. The summed E-state index contributed by atoms with van der Waals surface area (Å²) in [5, 5.41) is 3.87. The quantitative estimate of drug-likeness (QED) is 0.825. The van der Waals surface area contributed by atoms with Crippen LogP contribution < -0.4 is 0 Å². The molecule has 128 valence electrons. The molecular formula is C17H27N3O3. The topological polar surface area (TPSA) is 58.8 Å². The maximum absolute atomic E-state index is 12.6. The molecule has 0 aliphatic carbocycles. The number of ether oxygens (including phenoxy) is 1. The molecule has 3 heterocycles. The summed E-state index contributed by atoms with van der Waals surface area (Å²) in [5.41, 5.74) is 0.829. The number of piperidine rings is 1. The monoisotopic (exact) mass is 321 g/mol. The van der Waals surface area contributed by atoms with Gasteiger partial charge in [0.2, 0.25) is 5.91 Å². The molecule has 0 saturated carbocycles. The van der Waals surface area contributed by atoms with Crippen molar-refractivity contribution in [2.24, 2.45) is 0 Å². The zero-order valence-corrected chi connectivity index (χ0v) is 14.0. The van der Waals surface area contributed by atoms with Crippen molar-refractivity contribution in [1.82, 2.24) is 15.0 Å². The van der Waals surface area contributed by atoms with Gasteiger partial charge in [-0.15, -0.1) is 0 Å². The number of rotatable bonds is 5. The van der Waals surface area contributed by atoms with E-state index >= 15 is 0 Å². The molecule has 6 nitrogen and oxygen atoms in total. The highest BCUT2D eigenvalue weighted by atomic mass is 16.5. The second-order valence-corrected chi connectivity index (χ2v) is 6.59. The number of aryl methyl sites for hydroxylation is 1. The SMILES string of the molecule is Cc1cc(CC(=O)N2CCCCC2CCN2CCOCC2)on1. The second-order valence-electron chi connectivity index (χ2n) is 6.59. The molecule has 6 heteroatoms. The number of morpholine rings is 1. The van der Waals surface area contributed by atoms with E-state index in [2.05, 4.69) is 15.0 Å². The van der Waals surface area contributed by atoms with Gasteiger partial charge in [0.05, 0.1) is 25.3 Å². The van der Waals surface area contributed by atoms with E-state index in [1.165, 1.54) is 6.42 Å². The fraction of sp³-hybridized carbons (Fsp3) is 0.765. The van der Waals surface area contributed by atoms with Gasteiger partial charge in [0.1, 0.15) is 5.76 Å². The van der Waals surface area contributed by atoms with Crippen LogP contribution in [0.5, 0.6) is 0 Å². The van der Waals surface area contributed by atoms with E-state index in [-0.39, 0.29) is 5.91 Å². The van der Waals surface area contributed by atoms with Crippen molar-refractivity contribution < 1.29 is 14.1 Å². The molecule has 0 N–H and O–H groups in total. The average molecular weight is 321 g/mol. The van der Waals surface area contributed by atoms with Crippen LogP contribution in [0.1, 0.15) is 37.1 Å². The second kappa shape index (κ2) is 7.93. The molecule has 1 atom stereocenters. The highest BCUT2D eigenvalue weighted by molar-refractivity contribution is 5.78. The van der Waals surface area contributed by atoms with E-state index in [0.29, 0.717) is 18.2 Å². The Morgan fingerprint density at radius 1 is 1.30 bits per heavy atom. The first-order valence-electron chi connectivity index (χ1n) is 8.74. The van der Waals surface area contributed by atoms with Gasteiger partial charge >= 0.3 is 0 Å². The van der Waals surface area contributed by atoms with Crippen molar-refractivity contribution in [2.75, 3.05) is 39.4 Å². The lowest BCUT2D eigenvalue weighted by Gasteiger charge is -2.37. The Hall–Kier alpha value is -1.40. The molecule has 1 aromatic heterocycles. The van der Waals surface area contributed by atoms with Crippen LogP contribution in [-0.2, 0) is 16.0 Å².